The van der Waals surface area contributed by atoms with Gasteiger partial charge in [-0.25, -0.2) is 0 Å². The quantitative estimate of drug-likeness (QED) is 0.471. The monoisotopic (exact) mass is 249 g/mol. The molecule has 3 heteroatoms. The SMILES string of the molecule is CC1=CCCC(C)(C)[C@@]1(O)/C=C/C(C)=C\C(=O)[O-]. The van der Waals surface area contributed by atoms with Crippen LogP contribution in [0.5, 0.6) is 0 Å². The lowest BCUT2D eigenvalue weighted by molar-refractivity contribution is -0.297. The molecule has 1 rings (SSSR count). The molecule has 0 fully saturated rings. The standard InChI is InChI=1S/C15H22O3/c1-11(10-13(16)17)7-9-15(18)12(2)6-5-8-14(15,3)4/h6-7,9-10,18H,5,8H2,1-4H3,(H,16,17)/p-1/b9-7+,11-10-/t15-/m1/s1. The maximum atomic E-state index is 10.8. The van der Waals surface area contributed by atoms with E-state index in [-0.39, 0.29) is 5.41 Å². The smallest absolute Gasteiger partial charge is 0.109 e. The summed E-state index contributed by atoms with van der Waals surface area (Å²) in [5.41, 5.74) is 0.185. The van der Waals surface area contributed by atoms with Crippen LogP contribution >= 0.6 is 0 Å². The molecule has 1 N–H and O–H groups in total. The number of carbonyl (C=O) groups excluding carboxylic acids is 1. The number of carbonyl (C=O) groups is 1. The van der Waals surface area contributed by atoms with Crippen molar-refractivity contribution in [1.82, 2.24) is 0 Å². The molecule has 100 valence electrons. The van der Waals surface area contributed by atoms with E-state index in [1.807, 2.05) is 26.8 Å². The minimum Gasteiger partial charge on any atom is -0.545 e. The van der Waals surface area contributed by atoms with E-state index >= 15 is 0 Å². The summed E-state index contributed by atoms with van der Waals surface area (Å²) >= 11 is 0. The molecule has 1 atom stereocenters. The first kappa shape index (κ1) is 14.7. The predicted molar refractivity (Wildman–Crippen MR) is 69.6 cm³/mol. The second kappa shape index (κ2) is 5.11. The van der Waals surface area contributed by atoms with Crippen LogP contribution in [0.3, 0.4) is 0 Å². The molecule has 3 nitrogen and oxygen atoms in total. The van der Waals surface area contributed by atoms with Gasteiger partial charge in [-0.1, -0.05) is 26.0 Å². The summed E-state index contributed by atoms with van der Waals surface area (Å²) in [6, 6.07) is 0. The Labute approximate surface area is 109 Å². The average Bonchev–Trinajstić information content (AvgIpc) is 2.22. The number of aliphatic hydroxyl groups is 1. The Hall–Kier alpha value is -1.35. The summed E-state index contributed by atoms with van der Waals surface area (Å²) in [5, 5.41) is 21.2. The lowest BCUT2D eigenvalue weighted by atomic mass is 9.65. The van der Waals surface area contributed by atoms with Crippen molar-refractivity contribution in [3.63, 3.8) is 0 Å². The van der Waals surface area contributed by atoms with Crippen LogP contribution in [-0.2, 0) is 4.79 Å². The second-order valence-electron chi connectivity index (χ2n) is 5.62. The summed E-state index contributed by atoms with van der Waals surface area (Å²) in [6.07, 6.45) is 8.24. The third kappa shape index (κ3) is 2.91. The van der Waals surface area contributed by atoms with Gasteiger partial charge in [0.15, 0.2) is 0 Å². The van der Waals surface area contributed by atoms with Crippen LogP contribution in [0.25, 0.3) is 0 Å². The molecule has 0 aromatic rings. The van der Waals surface area contributed by atoms with Gasteiger partial charge >= 0.3 is 0 Å². The van der Waals surface area contributed by atoms with Crippen molar-refractivity contribution in [2.24, 2.45) is 5.41 Å². The Morgan fingerprint density at radius 3 is 2.61 bits per heavy atom. The van der Waals surface area contributed by atoms with E-state index in [1.54, 1.807) is 19.1 Å². The molecule has 0 radical (unpaired) electrons. The van der Waals surface area contributed by atoms with Crippen LogP contribution in [0.4, 0.5) is 0 Å². The Kier molecular flexibility index (Phi) is 4.17. The highest BCUT2D eigenvalue weighted by Gasteiger charge is 2.44. The van der Waals surface area contributed by atoms with E-state index < -0.39 is 11.6 Å². The number of carboxylic acid groups (broad SMARTS) is 1. The molecule has 0 aromatic heterocycles. The van der Waals surface area contributed by atoms with Gasteiger partial charge in [0.2, 0.25) is 0 Å². The van der Waals surface area contributed by atoms with Gasteiger partial charge in [-0.3, -0.25) is 0 Å². The number of rotatable bonds is 3. The minimum absolute atomic E-state index is 0.260. The predicted octanol–water partition coefficient (Wildman–Crippen LogP) is 1.74. The molecule has 0 amide bonds. The highest BCUT2D eigenvalue weighted by molar-refractivity contribution is 5.79. The maximum Gasteiger partial charge on any atom is 0.109 e. The van der Waals surface area contributed by atoms with Gasteiger partial charge in [-0.05, 0) is 50.0 Å². The van der Waals surface area contributed by atoms with Crippen molar-refractivity contribution in [2.45, 2.75) is 46.1 Å². The molecule has 0 aliphatic heterocycles. The highest BCUT2D eigenvalue weighted by atomic mass is 16.4. The molecular weight excluding hydrogens is 228 g/mol. The molecule has 0 saturated heterocycles. The number of hydrogen-bond acceptors (Lipinski definition) is 3. The molecule has 1 aliphatic carbocycles. The fraction of sp³-hybridized carbons (Fsp3) is 0.533. The Morgan fingerprint density at radius 1 is 1.50 bits per heavy atom. The first-order valence-corrected chi connectivity index (χ1v) is 6.17. The number of allylic oxidation sites excluding steroid dienone is 3. The summed E-state index contributed by atoms with van der Waals surface area (Å²) in [7, 11) is 0. The van der Waals surface area contributed by atoms with E-state index in [0.29, 0.717) is 5.57 Å². The lowest BCUT2D eigenvalue weighted by Gasteiger charge is -2.44. The van der Waals surface area contributed by atoms with Crippen molar-refractivity contribution in [3.8, 4) is 0 Å². The van der Waals surface area contributed by atoms with E-state index in [1.165, 1.54) is 0 Å². The molecule has 18 heavy (non-hydrogen) atoms. The van der Waals surface area contributed by atoms with Crippen LogP contribution < -0.4 is 5.11 Å². The fourth-order valence-corrected chi connectivity index (χ4v) is 2.37. The van der Waals surface area contributed by atoms with Crippen molar-refractivity contribution < 1.29 is 15.0 Å². The van der Waals surface area contributed by atoms with Crippen molar-refractivity contribution in [3.05, 3.63) is 35.5 Å². The van der Waals surface area contributed by atoms with E-state index in [4.69, 9.17) is 0 Å². The van der Waals surface area contributed by atoms with Gasteiger partial charge in [0.05, 0.1) is 5.97 Å². The zero-order chi connectivity index (χ0) is 14.0. The Bertz CT molecular complexity index is 427. The van der Waals surface area contributed by atoms with Gasteiger partial charge in [0, 0.05) is 5.41 Å². The van der Waals surface area contributed by atoms with Crippen LogP contribution in [0, 0.1) is 5.41 Å². The van der Waals surface area contributed by atoms with Crippen LogP contribution in [0.15, 0.2) is 35.5 Å². The van der Waals surface area contributed by atoms with Gasteiger partial charge < -0.3 is 15.0 Å². The molecule has 0 heterocycles. The Balaban J connectivity index is 3.05. The van der Waals surface area contributed by atoms with Crippen molar-refractivity contribution in [2.75, 3.05) is 0 Å². The van der Waals surface area contributed by atoms with Crippen LogP contribution in [0.2, 0.25) is 0 Å². The lowest BCUT2D eigenvalue weighted by Crippen LogP contribution is -2.45. The molecule has 0 unspecified atom stereocenters. The van der Waals surface area contributed by atoms with Gasteiger partial charge in [0.1, 0.15) is 5.60 Å². The minimum atomic E-state index is -1.22. The number of carboxylic acids is 1. The fourth-order valence-electron chi connectivity index (χ4n) is 2.37. The third-order valence-electron chi connectivity index (χ3n) is 3.79. The van der Waals surface area contributed by atoms with Gasteiger partial charge in [0.25, 0.3) is 0 Å². The zero-order valence-electron chi connectivity index (χ0n) is 11.5. The van der Waals surface area contributed by atoms with E-state index in [0.717, 1.165) is 24.5 Å². The van der Waals surface area contributed by atoms with Gasteiger partial charge in [-0.15, -0.1) is 0 Å². The highest BCUT2D eigenvalue weighted by Crippen LogP contribution is 2.45. The molecule has 0 aromatic carbocycles. The van der Waals surface area contributed by atoms with Crippen LogP contribution in [-0.4, -0.2) is 16.7 Å². The first-order chi connectivity index (χ1) is 8.19. The topological polar surface area (TPSA) is 60.4 Å². The largest absolute Gasteiger partial charge is 0.545 e. The second-order valence-corrected chi connectivity index (χ2v) is 5.62. The molecule has 0 bridgehead atoms. The third-order valence-corrected chi connectivity index (χ3v) is 3.79. The number of hydrogen-bond donors (Lipinski definition) is 1. The zero-order valence-corrected chi connectivity index (χ0v) is 11.5. The average molecular weight is 249 g/mol. The maximum absolute atomic E-state index is 10.8. The van der Waals surface area contributed by atoms with Gasteiger partial charge in [-0.2, -0.15) is 0 Å². The van der Waals surface area contributed by atoms with Crippen molar-refractivity contribution >= 4 is 5.97 Å². The normalized spacial score (nSPS) is 28.3. The molecule has 1 aliphatic rings. The number of aliphatic carboxylic acids is 1. The van der Waals surface area contributed by atoms with E-state index in [9.17, 15) is 15.0 Å². The molecule has 0 spiro atoms. The summed E-state index contributed by atoms with van der Waals surface area (Å²) in [5.74, 6) is -1.22. The Morgan fingerprint density at radius 2 is 2.11 bits per heavy atom. The molecule has 0 saturated carbocycles. The summed E-state index contributed by atoms with van der Waals surface area (Å²) in [4.78, 5) is 10.4. The molecular formula is C15H21O3-. The summed E-state index contributed by atoms with van der Waals surface area (Å²) < 4.78 is 0. The van der Waals surface area contributed by atoms with Crippen molar-refractivity contribution in [1.29, 1.82) is 0 Å². The summed E-state index contributed by atoms with van der Waals surface area (Å²) in [6.45, 7) is 7.62. The van der Waals surface area contributed by atoms with E-state index in [2.05, 4.69) is 0 Å². The first-order valence-electron chi connectivity index (χ1n) is 6.17. The van der Waals surface area contributed by atoms with Crippen LogP contribution in [0.1, 0.15) is 40.5 Å².